The van der Waals surface area contributed by atoms with Gasteiger partial charge in [-0.3, -0.25) is 0 Å². The van der Waals surface area contributed by atoms with E-state index in [0.717, 1.165) is 21.4 Å². The van der Waals surface area contributed by atoms with Gasteiger partial charge < -0.3 is 37.4 Å². The van der Waals surface area contributed by atoms with Crippen molar-refractivity contribution >= 4 is 42.5 Å². The van der Waals surface area contributed by atoms with Gasteiger partial charge in [0.15, 0.2) is 0 Å². The summed E-state index contributed by atoms with van der Waals surface area (Å²) in [5.74, 6) is 1.91. The van der Waals surface area contributed by atoms with Gasteiger partial charge in [-0.2, -0.15) is 0 Å². The summed E-state index contributed by atoms with van der Waals surface area (Å²) in [6, 6.07) is 16.2. The minimum absolute atomic E-state index is 0.306. The van der Waals surface area contributed by atoms with Crippen LogP contribution in [0.25, 0.3) is 0 Å². The lowest BCUT2D eigenvalue weighted by Gasteiger charge is -2.32. The highest BCUT2D eigenvalue weighted by Crippen LogP contribution is 2.43. The summed E-state index contributed by atoms with van der Waals surface area (Å²) in [7, 11) is -1.27. The molecule has 0 unspecified atom stereocenters. The van der Waals surface area contributed by atoms with Crippen molar-refractivity contribution in [3.8, 4) is 11.5 Å². The zero-order chi connectivity index (χ0) is 38.2. The molecule has 286 valence electrons. The molecule has 5 fully saturated rings. The van der Waals surface area contributed by atoms with E-state index in [2.05, 4.69) is 49.7 Å². The van der Waals surface area contributed by atoms with E-state index in [1.54, 1.807) is 0 Å². The average Bonchev–Trinajstić information content (AvgIpc) is 3.84. The van der Waals surface area contributed by atoms with Crippen LogP contribution in [0.15, 0.2) is 53.0 Å². The normalized spacial score (nSPS) is 25.4. The van der Waals surface area contributed by atoms with Gasteiger partial charge in [-0.1, -0.05) is 34.1 Å². The number of halogens is 1. The summed E-state index contributed by atoms with van der Waals surface area (Å²) >= 11 is 3.43. The zero-order valence-electron chi connectivity index (χ0n) is 33.8. The van der Waals surface area contributed by atoms with Crippen molar-refractivity contribution in [2.45, 2.75) is 180 Å². The molecule has 0 N–H and O–H groups in total. The number of hydrogen-bond acceptors (Lipinski definition) is 8. The summed E-state index contributed by atoms with van der Waals surface area (Å²) in [4.78, 5) is 0. The Hall–Kier alpha value is -1.53. The number of ether oxygens (including phenoxy) is 2. The predicted octanol–water partition coefficient (Wildman–Crippen LogP) is 9.33. The van der Waals surface area contributed by atoms with Crippen LogP contribution in [0, 0.1) is 0 Å². The van der Waals surface area contributed by atoms with Gasteiger partial charge in [-0.15, -0.1) is 0 Å². The summed E-state index contributed by atoms with van der Waals surface area (Å²) in [5, 5.41) is 0. The van der Waals surface area contributed by atoms with Gasteiger partial charge in [0.25, 0.3) is 0 Å². The van der Waals surface area contributed by atoms with Gasteiger partial charge in [-0.05, 0) is 170 Å². The molecule has 0 spiro atoms. The molecule has 0 radical (unpaired) electrons. The number of rotatable bonds is 6. The first-order valence-corrected chi connectivity index (χ1v) is 20.1. The minimum Gasteiger partial charge on any atom is -0.490 e. The molecule has 0 amide bonds. The van der Waals surface area contributed by atoms with E-state index in [4.69, 9.17) is 37.4 Å². The Morgan fingerprint density at radius 2 is 0.846 bits per heavy atom. The van der Waals surface area contributed by atoms with Gasteiger partial charge in [0.05, 0.1) is 45.8 Å². The van der Waals surface area contributed by atoms with Crippen molar-refractivity contribution in [2.75, 3.05) is 0 Å². The molecule has 2 aromatic carbocycles. The van der Waals surface area contributed by atoms with Crippen LogP contribution >= 0.6 is 15.9 Å². The monoisotopic (exact) mass is 782 g/mol. The second kappa shape index (κ2) is 15.9. The van der Waals surface area contributed by atoms with Gasteiger partial charge in [0.2, 0.25) is 0 Å². The van der Waals surface area contributed by atoms with Crippen molar-refractivity contribution in [1.82, 2.24) is 0 Å². The van der Waals surface area contributed by atoms with E-state index in [1.807, 2.05) is 97.9 Å². The van der Waals surface area contributed by atoms with E-state index in [9.17, 15) is 0 Å². The molecule has 3 heterocycles. The molecule has 7 rings (SSSR count). The van der Waals surface area contributed by atoms with Crippen molar-refractivity contribution in [1.29, 1.82) is 0 Å². The van der Waals surface area contributed by atoms with Crippen molar-refractivity contribution in [3.05, 3.63) is 53.0 Å². The number of hydrogen-bond donors (Lipinski definition) is 0. The lowest BCUT2D eigenvalue weighted by Crippen LogP contribution is -2.41. The minimum atomic E-state index is -0.476. The maximum Gasteiger partial charge on any atom is 0.494 e. The predicted molar refractivity (Wildman–Crippen MR) is 214 cm³/mol. The van der Waals surface area contributed by atoms with E-state index >= 15 is 0 Å². The second-order valence-corrected chi connectivity index (χ2v) is 18.8. The highest BCUT2D eigenvalue weighted by Gasteiger charge is 2.63. The Labute approximate surface area is 323 Å². The Bertz CT molecular complexity index is 1400. The van der Waals surface area contributed by atoms with Crippen LogP contribution in [0.5, 0.6) is 11.5 Å². The molecule has 8 nitrogen and oxygen atoms in total. The molecule has 2 aliphatic carbocycles. The van der Waals surface area contributed by atoms with Crippen LogP contribution in [0.2, 0.25) is 0 Å². The van der Waals surface area contributed by atoms with Crippen LogP contribution in [0.3, 0.4) is 0 Å². The topological polar surface area (TPSA) is 73.8 Å². The third-order valence-electron chi connectivity index (χ3n) is 12.2. The van der Waals surface area contributed by atoms with Crippen LogP contribution in [0.1, 0.15) is 134 Å². The van der Waals surface area contributed by atoms with Crippen LogP contribution < -0.4 is 14.9 Å². The maximum absolute atomic E-state index is 6.10. The Kier molecular flexibility index (Phi) is 12.7. The van der Waals surface area contributed by atoms with Crippen molar-refractivity contribution in [2.24, 2.45) is 0 Å². The van der Waals surface area contributed by atoms with Crippen LogP contribution in [0.4, 0.5) is 0 Å². The van der Waals surface area contributed by atoms with Crippen LogP contribution in [-0.4, -0.2) is 67.0 Å². The standard InChI is InChI=1S/C17H25BO3.C12H24B2O4.C11H13BrO/c1-16(2)17(3,4)21-18(20-16)13-8-7-11-15(12-13)19-14-9-5-6-10-14;1-9(2)10(3,4)16-13(15-9)14-17-11(5,6)12(7,8)18-14;12-9-4-3-7-11(8-9)13-10-5-1-2-6-10/h7-8,11-12,14H,5-6,9-10H2,1-4H3;1-8H3;3-4,7-8,10H,1-2,5-6H2. The maximum atomic E-state index is 6.10. The molecule has 3 saturated heterocycles. The summed E-state index contributed by atoms with van der Waals surface area (Å²) in [6.45, 7) is 24.5. The highest BCUT2D eigenvalue weighted by molar-refractivity contribution is 9.10. The molecule has 0 atom stereocenters. The van der Waals surface area contributed by atoms with E-state index in [1.165, 1.54) is 51.4 Å². The highest BCUT2D eigenvalue weighted by atomic mass is 79.9. The van der Waals surface area contributed by atoms with Gasteiger partial charge >= 0.3 is 21.1 Å². The Morgan fingerprint density at radius 3 is 1.23 bits per heavy atom. The quantitative estimate of drug-likeness (QED) is 0.269. The fraction of sp³-hybridized carbons (Fsp3) is 0.700. The molecule has 5 aliphatic rings. The first-order valence-electron chi connectivity index (χ1n) is 19.4. The van der Waals surface area contributed by atoms with E-state index in [0.29, 0.717) is 12.2 Å². The fourth-order valence-corrected chi connectivity index (χ4v) is 7.03. The smallest absolute Gasteiger partial charge is 0.490 e. The van der Waals surface area contributed by atoms with E-state index in [-0.39, 0.29) is 40.7 Å². The zero-order valence-corrected chi connectivity index (χ0v) is 35.4. The van der Waals surface area contributed by atoms with Gasteiger partial charge in [0.1, 0.15) is 11.5 Å². The molecule has 3 aliphatic heterocycles. The van der Waals surface area contributed by atoms with Gasteiger partial charge in [0, 0.05) is 4.47 Å². The third kappa shape index (κ3) is 9.82. The first-order chi connectivity index (χ1) is 24.1. The molecular weight excluding hydrogens is 721 g/mol. The van der Waals surface area contributed by atoms with E-state index < -0.39 is 14.0 Å². The molecule has 52 heavy (non-hydrogen) atoms. The second-order valence-electron chi connectivity index (χ2n) is 17.9. The van der Waals surface area contributed by atoms with Crippen molar-refractivity contribution in [3.63, 3.8) is 0 Å². The molecule has 0 bridgehead atoms. The largest absolute Gasteiger partial charge is 0.494 e. The summed E-state index contributed by atoms with van der Waals surface area (Å²) < 4.78 is 49.0. The molecular formula is C40H62B3BrO8. The third-order valence-corrected chi connectivity index (χ3v) is 12.6. The lowest BCUT2D eigenvalue weighted by atomic mass is 9.49. The summed E-state index contributed by atoms with van der Waals surface area (Å²) in [6.07, 6.45) is 10.8. The Morgan fingerprint density at radius 1 is 0.500 bits per heavy atom. The summed E-state index contributed by atoms with van der Waals surface area (Å²) in [5.41, 5.74) is -1.02. The molecule has 0 aromatic heterocycles. The van der Waals surface area contributed by atoms with Crippen LogP contribution in [-0.2, 0) is 27.9 Å². The molecule has 2 aromatic rings. The molecule has 2 saturated carbocycles. The lowest BCUT2D eigenvalue weighted by molar-refractivity contribution is 0.00578. The SMILES string of the molecule is Brc1cccc(OC2CCCC2)c1.CC1(C)OB(B2OC(C)(C)C(C)(C)O2)OC1(C)C.CC1(C)OB(c2cccc(OC3CCCC3)c2)OC1(C)C. The Balaban J connectivity index is 0.000000155. The van der Waals surface area contributed by atoms with Crippen molar-refractivity contribution < 1.29 is 37.4 Å². The molecule has 12 heteroatoms. The average molecular weight is 783 g/mol. The first kappa shape index (κ1) is 41.6. The van der Waals surface area contributed by atoms with Gasteiger partial charge in [-0.25, -0.2) is 0 Å². The number of benzene rings is 2. The fourth-order valence-electron chi connectivity index (χ4n) is 6.65.